The fourth-order valence-electron chi connectivity index (χ4n) is 3.29. The van der Waals surface area contributed by atoms with Crippen LogP contribution in [0.2, 0.25) is 0 Å². The van der Waals surface area contributed by atoms with E-state index in [0.717, 1.165) is 28.7 Å². The highest BCUT2D eigenvalue weighted by atomic mass is 16.4. The van der Waals surface area contributed by atoms with Crippen molar-refractivity contribution in [2.45, 2.75) is 0 Å². The molecule has 1 fully saturated rings. The third-order valence-corrected chi connectivity index (χ3v) is 4.63. The lowest BCUT2D eigenvalue weighted by atomic mass is 10.0. The van der Waals surface area contributed by atoms with Crippen LogP contribution in [0.15, 0.2) is 47.0 Å². The molecule has 1 amide bonds. The van der Waals surface area contributed by atoms with Gasteiger partial charge in [-0.05, 0) is 35.4 Å². The number of hydrogen-bond acceptors (Lipinski definition) is 7. The molecule has 27 heavy (non-hydrogen) atoms. The van der Waals surface area contributed by atoms with Crippen LogP contribution < -0.4 is 16.0 Å². The molecule has 3 heterocycles. The summed E-state index contributed by atoms with van der Waals surface area (Å²) in [6.07, 6.45) is 1.71. The maximum atomic E-state index is 11.6. The zero-order valence-corrected chi connectivity index (χ0v) is 14.3. The average molecular weight is 360 g/mol. The van der Waals surface area contributed by atoms with E-state index in [4.69, 9.17) is 15.1 Å². The topological polar surface area (TPSA) is 110 Å². The summed E-state index contributed by atoms with van der Waals surface area (Å²) >= 11 is 0. The first-order valence-electron chi connectivity index (χ1n) is 8.61. The van der Waals surface area contributed by atoms with E-state index in [-0.39, 0.29) is 11.9 Å². The van der Waals surface area contributed by atoms with Gasteiger partial charge in [0.2, 0.25) is 5.91 Å². The van der Waals surface area contributed by atoms with E-state index in [1.54, 1.807) is 6.20 Å². The van der Waals surface area contributed by atoms with E-state index in [1.165, 1.54) is 0 Å². The monoisotopic (exact) mass is 360 g/mol. The van der Waals surface area contributed by atoms with E-state index in [1.807, 2.05) is 41.3 Å². The summed E-state index contributed by atoms with van der Waals surface area (Å²) in [6.45, 7) is 1.62. The van der Waals surface area contributed by atoms with Crippen molar-refractivity contribution in [3.8, 4) is 11.1 Å². The highest BCUT2D eigenvalue weighted by Crippen LogP contribution is 2.28. The number of aromatic nitrogens is 3. The number of piperazine rings is 1. The molecule has 8 heteroatoms. The van der Waals surface area contributed by atoms with Crippen molar-refractivity contribution in [2.75, 3.05) is 30.3 Å². The zero-order chi connectivity index (χ0) is 18.4. The number of carbonyl (C=O) groups is 1. The third kappa shape index (κ3) is 2.80. The molecular weight excluding hydrogens is 344 g/mol. The van der Waals surface area contributed by atoms with Crippen LogP contribution in [-0.4, -0.2) is 40.5 Å². The summed E-state index contributed by atoms with van der Waals surface area (Å²) in [6, 6.07) is 11.8. The number of rotatable bonds is 2. The lowest BCUT2D eigenvalue weighted by Crippen LogP contribution is -2.48. The SMILES string of the molecule is Nc1nc2cc(-c3ccc4ncc(N5CCNC(=O)C5)nc4c3)ccc2o1. The third-order valence-electron chi connectivity index (χ3n) is 4.63. The van der Waals surface area contributed by atoms with E-state index >= 15 is 0 Å². The predicted molar refractivity (Wildman–Crippen MR) is 102 cm³/mol. The van der Waals surface area contributed by atoms with Crippen LogP contribution in [-0.2, 0) is 4.79 Å². The van der Waals surface area contributed by atoms with Gasteiger partial charge in [-0.15, -0.1) is 0 Å². The number of hydrogen-bond donors (Lipinski definition) is 2. The van der Waals surface area contributed by atoms with Crippen molar-refractivity contribution in [1.82, 2.24) is 20.3 Å². The number of oxazole rings is 1. The number of nitrogens with zero attached hydrogens (tertiary/aromatic N) is 4. The Morgan fingerprint density at radius 1 is 1.04 bits per heavy atom. The van der Waals surface area contributed by atoms with Gasteiger partial charge in [-0.2, -0.15) is 4.98 Å². The van der Waals surface area contributed by atoms with Crippen molar-refractivity contribution < 1.29 is 9.21 Å². The Morgan fingerprint density at radius 3 is 2.70 bits per heavy atom. The smallest absolute Gasteiger partial charge is 0.292 e. The number of fused-ring (bicyclic) bond motifs is 2. The predicted octanol–water partition coefficient (Wildman–Crippen LogP) is 1.96. The first kappa shape index (κ1) is 15.6. The Bertz CT molecular complexity index is 1190. The minimum absolute atomic E-state index is 0.00270. The highest BCUT2D eigenvalue weighted by Gasteiger charge is 2.18. The van der Waals surface area contributed by atoms with Crippen LogP contribution in [0.4, 0.5) is 11.8 Å². The fourth-order valence-corrected chi connectivity index (χ4v) is 3.29. The molecule has 1 aliphatic rings. The highest BCUT2D eigenvalue weighted by molar-refractivity contribution is 5.87. The van der Waals surface area contributed by atoms with Gasteiger partial charge in [0.25, 0.3) is 6.01 Å². The van der Waals surface area contributed by atoms with Crippen LogP contribution in [0.1, 0.15) is 0 Å². The lowest BCUT2D eigenvalue weighted by molar-refractivity contribution is -0.120. The van der Waals surface area contributed by atoms with Gasteiger partial charge in [-0.3, -0.25) is 9.78 Å². The number of nitrogens with one attached hydrogen (secondary N) is 1. The largest absolute Gasteiger partial charge is 0.424 e. The van der Waals surface area contributed by atoms with Crippen LogP contribution in [0.25, 0.3) is 33.3 Å². The Labute approximate surface area is 154 Å². The molecular formula is C19H16N6O2. The first-order chi connectivity index (χ1) is 13.2. The maximum Gasteiger partial charge on any atom is 0.292 e. The summed E-state index contributed by atoms with van der Waals surface area (Å²) in [5.74, 6) is 0.700. The quantitative estimate of drug-likeness (QED) is 0.562. The van der Waals surface area contributed by atoms with Crippen LogP contribution in [0, 0.1) is 0 Å². The molecule has 2 aromatic heterocycles. The number of carbonyl (C=O) groups excluding carboxylic acids is 1. The molecule has 0 saturated carbocycles. The normalized spacial score (nSPS) is 14.7. The molecule has 0 unspecified atom stereocenters. The Kier molecular flexibility index (Phi) is 3.43. The number of benzene rings is 2. The Balaban J connectivity index is 1.55. The summed E-state index contributed by atoms with van der Waals surface area (Å²) in [5, 5.41) is 2.81. The summed E-state index contributed by atoms with van der Waals surface area (Å²) in [7, 11) is 0. The van der Waals surface area contributed by atoms with Crippen LogP contribution in [0.3, 0.4) is 0 Å². The molecule has 1 aliphatic heterocycles. The molecule has 0 bridgehead atoms. The van der Waals surface area contributed by atoms with Gasteiger partial charge in [-0.25, -0.2) is 4.98 Å². The molecule has 3 N–H and O–H groups in total. The fraction of sp³-hybridized carbons (Fsp3) is 0.158. The minimum atomic E-state index is -0.00270. The average Bonchev–Trinajstić information content (AvgIpc) is 3.06. The molecule has 0 atom stereocenters. The van der Waals surface area contributed by atoms with Crippen LogP contribution in [0.5, 0.6) is 0 Å². The van der Waals surface area contributed by atoms with Crippen molar-refractivity contribution in [1.29, 1.82) is 0 Å². The molecule has 5 rings (SSSR count). The van der Waals surface area contributed by atoms with E-state index in [9.17, 15) is 4.79 Å². The second-order valence-electron chi connectivity index (χ2n) is 6.44. The second kappa shape index (κ2) is 5.94. The van der Waals surface area contributed by atoms with Gasteiger partial charge < -0.3 is 20.4 Å². The molecule has 0 radical (unpaired) electrons. The van der Waals surface area contributed by atoms with Crippen molar-refractivity contribution in [2.24, 2.45) is 0 Å². The second-order valence-corrected chi connectivity index (χ2v) is 6.44. The number of nitrogen functional groups attached to an aromatic ring is 1. The van der Waals surface area contributed by atoms with Crippen molar-refractivity contribution in [3.63, 3.8) is 0 Å². The van der Waals surface area contributed by atoms with E-state index < -0.39 is 0 Å². The zero-order valence-electron chi connectivity index (χ0n) is 14.3. The summed E-state index contributed by atoms with van der Waals surface area (Å²) < 4.78 is 5.33. The maximum absolute atomic E-state index is 11.6. The van der Waals surface area contributed by atoms with Crippen molar-refractivity contribution in [3.05, 3.63) is 42.6 Å². The van der Waals surface area contributed by atoms with E-state index in [2.05, 4.69) is 15.3 Å². The number of nitrogens with two attached hydrogens (primary N) is 1. The molecule has 8 nitrogen and oxygen atoms in total. The summed E-state index contributed by atoms with van der Waals surface area (Å²) in [4.78, 5) is 27.0. The minimum Gasteiger partial charge on any atom is -0.424 e. The molecule has 4 aromatic rings. The van der Waals surface area contributed by atoms with Gasteiger partial charge in [0.15, 0.2) is 5.58 Å². The lowest BCUT2D eigenvalue weighted by Gasteiger charge is -2.27. The molecule has 134 valence electrons. The van der Waals surface area contributed by atoms with E-state index in [0.29, 0.717) is 30.0 Å². The Morgan fingerprint density at radius 2 is 1.85 bits per heavy atom. The Hall–Kier alpha value is -3.68. The number of anilines is 2. The van der Waals surface area contributed by atoms with Gasteiger partial charge in [0.05, 0.1) is 23.8 Å². The van der Waals surface area contributed by atoms with Crippen molar-refractivity contribution >= 4 is 39.9 Å². The van der Waals surface area contributed by atoms with Crippen LogP contribution >= 0.6 is 0 Å². The van der Waals surface area contributed by atoms with Gasteiger partial charge in [-0.1, -0.05) is 12.1 Å². The molecule has 1 saturated heterocycles. The first-order valence-corrected chi connectivity index (χ1v) is 8.61. The molecule has 0 aliphatic carbocycles. The standard InChI is InChI=1S/C19H16N6O2/c20-19-24-15-8-12(2-4-16(15)27-19)11-1-3-13-14(7-11)23-17(9-22-13)25-6-5-21-18(26)10-25/h1-4,7-9H,5-6,10H2,(H2,20,24)(H,21,26). The van der Waals surface area contributed by atoms with Gasteiger partial charge in [0, 0.05) is 13.1 Å². The molecule has 0 spiro atoms. The number of amides is 1. The summed E-state index contributed by atoms with van der Waals surface area (Å²) in [5.41, 5.74) is 10.5. The van der Waals surface area contributed by atoms with Gasteiger partial charge in [0.1, 0.15) is 11.3 Å². The molecule has 2 aromatic carbocycles. The van der Waals surface area contributed by atoms with Gasteiger partial charge >= 0.3 is 0 Å².